The van der Waals surface area contributed by atoms with Crippen LogP contribution in [0, 0.1) is 5.41 Å². The van der Waals surface area contributed by atoms with Gasteiger partial charge in [0, 0.05) is 39.6 Å². The van der Waals surface area contributed by atoms with Crippen LogP contribution in [0.1, 0.15) is 43.7 Å². The number of carbonyl (C=O) groups is 1. The van der Waals surface area contributed by atoms with Crippen LogP contribution in [0.3, 0.4) is 0 Å². The molecule has 0 fully saturated rings. The molecule has 0 spiro atoms. The van der Waals surface area contributed by atoms with Gasteiger partial charge in [-0.25, -0.2) is 4.79 Å². The van der Waals surface area contributed by atoms with E-state index in [0.29, 0.717) is 34.7 Å². The summed E-state index contributed by atoms with van der Waals surface area (Å²) >= 11 is 6.59. The van der Waals surface area contributed by atoms with Crippen molar-refractivity contribution in [3.8, 4) is 0 Å². The highest BCUT2D eigenvalue weighted by Crippen LogP contribution is 2.50. The predicted molar refractivity (Wildman–Crippen MR) is 114 cm³/mol. The molecule has 0 bridgehead atoms. The first kappa shape index (κ1) is 18.2. The van der Waals surface area contributed by atoms with Gasteiger partial charge < -0.3 is 9.73 Å². The molecule has 1 aromatic heterocycles. The summed E-state index contributed by atoms with van der Waals surface area (Å²) in [6, 6.07) is 15.0. The number of carbonyl (C=O) groups excluding carboxylic acids is 1. The molecule has 4 nitrogen and oxygen atoms in total. The van der Waals surface area contributed by atoms with Crippen molar-refractivity contribution < 1.29 is 9.21 Å². The van der Waals surface area contributed by atoms with Crippen LogP contribution in [0.5, 0.6) is 0 Å². The summed E-state index contributed by atoms with van der Waals surface area (Å²) in [5, 5.41) is 4.66. The van der Waals surface area contributed by atoms with Crippen LogP contribution in [-0.2, 0) is 4.79 Å². The number of nitrogens with one attached hydrogen (secondary N) is 1. The van der Waals surface area contributed by atoms with E-state index in [-0.39, 0.29) is 11.2 Å². The van der Waals surface area contributed by atoms with Crippen molar-refractivity contribution in [2.24, 2.45) is 5.41 Å². The Morgan fingerprint density at radius 1 is 1.03 bits per heavy atom. The van der Waals surface area contributed by atoms with Crippen LogP contribution in [0.2, 0.25) is 5.02 Å². The fraction of sp³-hybridized carbons (Fsp3) is 0.250. The third-order valence-corrected chi connectivity index (χ3v) is 6.19. The maximum Gasteiger partial charge on any atom is 0.360 e. The number of hydrogen-bond acceptors (Lipinski definition) is 4. The lowest BCUT2D eigenvalue weighted by Gasteiger charge is -2.39. The average molecular weight is 406 g/mol. The first-order valence-electron chi connectivity index (χ1n) is 9.69. The van der Waals surface area contributed by atoms with Gasteiger partial charge >= 0.3 is 5.63 Å². The number of ketones is 1. The lowest BCUT2D eigenvalue weighted by molar-refractivity contribution is -0.118. The van der Waals surface area contributed by atoms with Crippen LogP contribution in [-0.4, -0.2) is 5.78 Å². The molecule has 0 saturated carbocycles. The summed E-state index contributed by atoms with van der Waals surface area (Å²) in [6.07, 6.45) is 1.14. The van der Waals surface area contributed by atoms with Crippen molar-refractivity contribution in [2.45, 2.75) is 32.6 Å². The minimum atomic E-state index is -0.432. The Labute approximate surface area is 173 Å². The zero-order valence-electron chi connectivity index (χ0n) is 16.2. The van der Waals surface area contributed by atoms with Crippen molar-refractivity contribution in [3.05, 3.63) is 86.4 Å². The summed E-state index contributed by atoms with van der Waals surface area (Å²) in [7, 11) is 0. The molecular formula is C24H20ClNO3. The summed E-state index contributed by atoms with van der Waals surface area (Å²) in [4.78, 5) is 26.2. The molecule has 29 heavy (non-hydrogen) atoms. The van der Waals surface area contributed by atoms with E-state index in [1.165, 1.54) is 0 Å². The Morgan fingerprint density at radius 3 is 2.55 bits per heavy atom. The molecule has 0 radical (unpaired) electrons. The lowest BCUT2D eigenvalue weighted by Crippen LogP contribution is -2.35. The van der Waals surface area contributed by atoms with Crippen LogP contribution in [0.4, 0.5) is 5.69 Å². The monoisotopic (exact) mass is 405 g/mol. The molecule has 1 atom stereocenters. The molecular weight excluding hydrogens is 386 g/mol. The van der Waals surface area contributed by atoms with E-state index in [4.69, 9.17) is 16.0 Å². The van der Waals surface area contributed by atoms with E-state index in [1.54, 1.807) is 6.07 Å². The normalized spacial score (nSPS) is 20.2. The minimum Gasteiger partial charge on any atom is -0.421 e. The maximum atomic E-state index is 13.3. The zero-order chi connectivity index (χ0) is 20.3. The Bertz CT molecular complexity index is 1270. The quantitative estimate of drug-likeness (QED) is 0.531. The van der Waals surface area contributed by atoms with Gasteiger partial charge in [-0.2, -0.15) is 0 Å². The topological polar surface area (TPSA) is 59.3 Å². The SMILES string of the molecule is CC1(C)CC(=O)C2=C(C1)Nc1c(c3ccccc3oc1=O)C2c1ccccc1Cl. The minimum absolute atomic E-state index is 0.0941. The first-order valence-corrected chi connectivity index (χ1v) is 10.1. The van der Waals surface area contributed by atoms with Crippen molar-refractivity contribution in [3.63, 3.8) is 0 Å². The average Bonchev–Trinajstić information content (AvgIpc) is 2.66. The molecule has 2 aliphatic rings. The highest BCUT2D eigenvalue weighted by molar-refractivity contribution is 6.31. The number of allylic oxidation sites excluding steroid dienone is 2. The van der Waals surface area contributed by atoms with Crippen molar-refractivity contribution in [2.75, 3.05) is 5.32 Å². The molecule has 1 aliphatic carbocycles. The third kappa shape index (κ3) is 2.82. The van der Waals surface area contributed by atoms with Gasteiger partial charge in [0.25, 0.3) is 0 Å². The fourth-order valence-electron chi connectivity index (χ4n) is 4.69. The second-order valence-electron chi connectivity index (χ2n) is 8.59. The second-order valence-corrected chi connectivity index (χ2v) is 8.99. The molecule has 5 heteroatoms. The fourth-order valence-corrected chi connectivity index (χ4v) is 4.93. The molecule has 146 valence electrons. The van der Waals surface area contributed by atoms with Gasteiger partial charge in [-0.05, 0) is 29.5 Å². The summed E-state index contributed by atoms with van der Waals surface area (Å²) in [6.45, 7) is 4.14. The Balaban J connectivity index is 1.89. The number of rotatable bonds is 1. The smallest absolute Gasteiger partial charge is 0.360 e. The van der Waals surface area contributed by atoms with Gasteiger partial charge in [-0.15, -0.1) is 0 Å². The largest absolute Gasteiger partial charge is 0.421 e. The van der Waals surface area contributed by atoms with Gasteiger partial charge in [0.15, 0.2) is 5.78 Å². The van der Waals surface area contributed by atoms with Crippen LogP contribution < -0.4 is 10.9 Å². The number of anilines is 1. The predicted octanol–water partition coefficient (Wildman–Crippen LogP) is 5.65. The molecule has 1 aliphatic heterocycles. The summed E-state index contributed by atoms with van der Waals surface area (Å²) in [5.74, 6) is -0.316. The number of fused-ring (bicyclic) bond motifs is 3. The van der Waals surface area contributed by atoms with Crippen LogP contribution in [0.25, 0.3) is 11.0 Å². The number of Topliss-reactive ketones (excluding diaryl/α,β-unsaturated/α-hetero) is 1. The molecule has 2 aromatic carbocycles. The second kappa shape index (κ2) is 6.33. The van der Waals surface area contributed by atoms with E-state index in [9.17, 15) is 9.59 Å². The maximum absolute atomic E-state index is 13.3. The first-order chi connectivity index (χ1) is 13.9. The highest BCUT2D eigenvalue weighted by atomic mass is 35.5. The van der Waals surface area contributed by atoms with E-state index in [1.807, 2.05) is 42.5 Å². The van der Waals surface area contributed by atoms with E-state index < -0.39 is 11.5 Å². The summed E-state index contributed by atoms with van der Waals surface area (Å²) < 4.78 is 5.57. The van der Waals surface area contributed by atoms with Gasteiger partial charge in [0.2, 0.25) is 0 Å². The third-order valence-electron chi connectivity index (χ3n) is 5.84. The highest BCUT2D eigenvalue weighted by Gasteiger charge is 2.42. The number of halogens is 1. The van der Waals surface area contributed by atoms with E-state index >= 15 is 0 Å². The molecule has 2 heterocycles. The number of hydrogen-bond donors (Lipinski definition) is 1. The molecule has 3 aromatic rings. The van der Waals surface area contributed by atoms with E-state index in [0.717, 1.165) is 22.2 Å². The van der Waals surface area contributed by atoms with Crippen molar-refractivity contribution >= 4 is 34.0 Å². The van der Waals surface area contributed by atoms with Crippen LogP contribution >= 0.6 is 11.6 Å². The zero-order valence-corrected chi connectivity index (χ0v) is 17.0. The van der Waals surface area contributed by atoms with E-state index in [2.05, 4.69) is 19.2 Å². The van der Waals surface area contributed by atoms with Crippen molar-refractivity contribution in [1.29, 1.82) is 0 Å². The lowest BCUT2D eigenvalue weighted by atomic mass is 9.68. The standard InChI is InChI=1S/C24H20ClNO3/c1-24(2)11-16-21(17(27)12-24)19(13-7-3-5-9-15(13)25)20-14-8-4-6-10-18(14)29-23(28)22(20)26-16/h3-10,19,26H,11-12H2,1-2H3. The number of benzene rings is 2. The molecule has 1 N–H and O–H groups in total. The van der Waals surface area contributed by atoms with Gasteiger partial charge in [-0.1, -0.05) is 61.8 Å². The summed E-state index contributed by atoms with van der Waals surface area (Å²) in [5.41, 5.74) is 3.39. The Hall–Kier alpha value is -2.85. The molecule has 0 saturated heterocycles. The Kier molecular flexibility index (Phi) is 3.97. The van der Waals surface area contributed by atoms with Gasteiger partial charge in [-0.3, -0.25) is 4.79 Å². The molecule has 0 amide bonds. The van der Waals surface area contributed by atoms with Gasteiger partial charge in [0.05, 0.1) is 0 Å². The van der Waals surface area contributed by atoms with Gasteiger partial charge in [0.1, 0.15) is 11.3 Å². The molecule has 5 rings (SSSR count). The number of para-hydroxylation sites is 1. The Morgan fingerprint density at radius 2 is 1.76 bits per heavy atom. The molecule has 1 unspecified atom stereocenters. The van der Waals surface area contributed by atoms with Crippen LogP contribution in [0.15, 0.2) is 69.0 Å². The van der Waals surface area contributed by atoms with Crippen molar-refractivity contribution in [1.82, 2.24) is 0 Å².